The van der Waals surface area contributed by atoms with E-state index in [1.807, 2.05) is 0 Å². The molecule has 2 aliphatic heterocycles. The molecule has 0 aliphatic carbocycles. The van der Waals surface area contributed by atoms with Crippen LogP contribution in [0.5, 0.6) is 0 Å². The van der Waals surface area contributed by atoms with Crippen molar-refractivity contribution in [3.8, 4) is 0 Å². The summed E-state index contributed by atoms with van der Waals surface area (Å²) in [7, 11) is 2.59. The molecule has 0 spiro atoms. The normalized spacial score (nSPS) is 50.0. The third kappa shape index (κ3) is 3.88. The summed E-state index contributed by atoms with van der Waals surface area (Å²) in [5.74, 6) is 0. The fraction of sp³-hybridized carbons (Fsp3) is 1.00. The van der Waals surface area contributed by atoms with Crippen molar-refractivity contribution in [1.29, 1.82) is 0 Å². The Balaban J connectivity index is 1.96. The van der Waals surface area contributed by atoms with Crippen LogP contribution in [0.3, 0.4) is 0 Å². The Kier molecular flexibility index (Phi) is 6.90. The molecule has 10 atom stereocenters. The van der Waals surface area contributed by atoms with Crippen molar-refractivity contribution in [2.75, 3.05) is 14.2 Å². The Morgan fingerprint density at radius 3 is 1.21 bits per heavy atom. The van der Waals surface area contributed by atoms with E-state index in [0.29, 0.717) is 0 Å². The molecule has 142 valence electrons. The molecule has 24 heavy (non-hydrogen) atoms. The molecule has 2 rings (SSSR count). The maximum absolute atomic E-state index is 10.0. The SMILES string of the molecule is CO[C@H]1O[C@H](CC[C@H]2O[C@H](OC)[C@@H](O)[C@@H](O)[C@@H]2O)[C@@H](O)[C@H](O)[C@@H]1O. The zero-order valence-electron chi connectivity index (χ0n) is 13.5. The third-order valence-electron chi connectivity index (χ3n) is 4.54. The molecule has 0 unspecified atom stereocenters. The summed E-state index contributed by atoms with van der Waals surface area (Å²) in [5.41, 5.74) is 0. The second kappa shape index (κ2) is 8.32. The van der Waals surface area contributed by atoms with Crippen LogP contribution in [0.2, 0.25) is 0 Å². The quantitative estimate of drug-likeness (QED) is 0.295. The molecule has 0 aromatic carbocycles. The van der Waals surface area contributed by atoms with Crippen LogP contribution in [0.15, 0.2) is 0 Å². The second-order valence-electron chi connectivity index (χ2n) is 6.08. The fourth-order valence-electron chi connectivity index (χ4n) is 3.03. The number of methoxy groups -OCH3 is 2. The van der Waals surface area contributed by atoms with Gasteiger partial charge in [-0.3, -0.25) is 0 Å². The average molecular weight is 354 g/mol. The first-order chi connectivity index (χ1) is 11.3. The highest BCUT2D eigenvalue weighted by atomic mass is 16.7. The highest BCUT2D eigenvalue weighted by Crippen LogP contribution is 2.29. The largest absolute Gasteiger partial charge is 0.388 e. The van der Waals surface area contributed by atoms with Gasteiger partial charge in [-0.15, -0.1) is 0 Å². The summed E-state index contributed by atoms with van der Waals surface area (Å²) in [6, 6.07) is 0. The van der Waals surface area contributed by atoms with E-state index in [-0.39, 0.29) is 12.8 Å². The van der Waals surface area contributed by atoms with Crippen LogP contribution in [0.4, 0.5) is 0 Å². The average Bonchev–Trinajstić information content (AvgIpc) is 2.58. The van der Waals surface area contributed by atoms with Gasteiger partial charge in [0.1, 0.15) is 36.6 Å². The smallest absolute Gasteiger partial charge is 0.186 e. The van der Waals surface area contributed by atoms with E-state index in [0.717, 1.165) is 0 Å². The molecule has 0 saturated carbocycles. The van der Waals surface area contributed by atoms with Crippen LogP contribution < -0.4 is 0 Å². The standard InChI is InChI=1S/C14H26O10/c1-21-13-11(19)9(17)7(15)5(23-13)3-4-6-8(16)10(18)12(20)14(22-2)24-6/h5-20H,3-4H2,1-2H3/t5-,6-,7-,8-,9+,10+,11+,12+,13+,14+/m1/s1. The Bertz CT molecular complexity index is 356. The summed E-state index contributed by atoms with van der Waals surface area (Å²) in [5, 5.41) is 59.1. The van der Waals surface area contributed by atoms with Crippen molar-refractivity contribution >= 4 is 0 Å². The molecule has 0 aromatic rings. The van der Waals surface area contributed by atoms with Crippen LogP contribution in [0, 0.1) is 0 Å². The van der Waals surface area contributed by atoms with Crippen LogP contribution >= 0.6 is 0 Å². The molecule has 0 radical (unpaired) electrons. The van der Waals surface area contributed by atoms with E-state index in [4.69, 9.17) is 18.9 Å². The van der Waals surface area contributed by atoms with Gasteiger partial charge < -0.3 is 49.6 Å². The van der Waals surface area contributed by atoms with E-state index < -0.39 is 61.4 Å². The van der Waals surface area contributed by atoms with Crippen molar-refractivity contribution < 1.29 is 49.6 Å². The van der Waals surface area contributed by atoms with Gasteiger partial charge >= 0.3 is 0 Å². The number of ether oxygens (including phenoxy) is 4. The van der Waals surface area contributed by atoms with Crippen LogP contribution in [-0.4, -0.2) is 106 Å². The van der Waals surface area contributed by atoms with Crippen LogP contribution in [-0.2, 0) is 18.9 Å². The Morgan fingerprint density at radius 1 is 0.583 bits per heavy atom. The van der Waals surface area contributed by atoms with E-state index in [1.165, 1.54) is 14.2 Å². The number of aliphatic hydroxyl groups is 6. The number of aliphatic hydroxyl groups excluding tert-OH is 6. The predicted molar refractivity (Wildman–Crippen MR) is 76.6 cm³/mol. The van der Waals surface area contributed by atoms with Gasteiger partial charge in [0.15, 0.2) is 12.6 Å². The van der Waals surface area contributed by atoms with E-state index in [2.05, 4.69) is 0 Å². The lowest BCUT2D eigenvalue weighted by atomic mass is 9.91. The molecular formula is C14H26O10. The monoisotopic (exact) mass is 354 g/mol. The maximum Gasteiger partial charge on any atom is 0.186 e. The molecule has 2 fully saturated rings. The van der Waals surface area contributed by atoms with Gasteiger partial charge in [-0.05, 0) is 12.8 Å². The third-order valence-corrected chi connectivity index (χ3v) is 4.54. The predicted octanol–water partition coefficient (Wildman–Crippen LogP) is -3.33. The summed E-state index contributed by atoms with van der Waals surface area (Å²) >= 11 is 0. The zero-order chi connectivity index (χ0) is 18.0. The molecule has 10 nitrogen and oxygen atoms in total. The maximum atomic E-state index is 10.0. The Hall–Kier alpha value is -0.400. The van der Waals surface area contributed by atoms with Gasteiger partial charge in [-0.1, -0.05) is 0 Å². The van der Waals surface area contributed by atoms with Gasteiger partial charge in [-0.2, -0.15) is 0 Å². The van der Waals surface area contributed by atoms with Crippen molar-refractivity contribution in [1.82, 2.24) is 0 Å². The van der Waals surface area contributed by atoms with Gasteiger partial charge in [0.05, 0.1) is 12.2 Å². The Morgan fingerprint density at radius 2 is 0.917 bits per heavy atom. The first-order valence-electron chi connectivity index (χ1n) is 7.76. The molecule has 10 heteroatoms. The molecule has 0 amide bonds. The molecular weight excluding hydrogens is 328 g/mol. The molecule has 6 N–H and O–H groups in total. The first-order valence-corrected chi connectivity index (χ1v) is 7.76. The van der Waals surface area contributed by atoms with Gasteiger partial charge in [0.2, 0.25) is 0 Å². The van der Waals surface area contributed by atoms with Crippen LogP contribution in [0.1, 0.15) is 12.8 Å². The van der Waals surface area contributed by atoms with E-state index >= 15 is 0 Å². The lowest BCUT2D eigenvalue weighted by Crippen LogP contribution is -2.59. The number of hydrogen-bond acceptors (Lipinski definition) is 10. The molecule has 2 aliphatic rings. The van der Waals surface area contributed by atoms with E-state index in [9.17, 15) is 30.6 Å². The highest BCUT2D eigenvalue weighted by Gasteiger charge is 2.46. The fourth-order valence-corrected chi connectivity index (χ4v) is 3.03. The van der Waals surface area contributed by atoms with Crippen LogP contribution in [0.25, 0.3) is 0 Å². The van der Waals surface area contributed by atoms with Crippen molar-refractivity contribution in [2.45, 2.75) is 74.3 Å². The zero-order valence-corrected chi connectivity index (χ0v) is 13.5. The topological polar surface area (TPSA) is 158 Å². The minimum absolute atomic E-state index is 0.145. The summed E-state index contributed by atoms with van der Waals surface area (Å²) < 4.78 is 20.6. The summed E-state index contributed by atoms with van der Waals surface area (Å²) in [6.45, 7) is 0. The molecule has 2 heterocycles. The minimum atomic E-state index is -1.44. The Labute approximate surface area is 139 Å². The van der Waals surface area contributed by atoms with E-state index in [1.54, 1.807) is 0 Å². The molecule has 2 saturated heterocycles. The van der Waals surface area contributed by atoms with Gasteiger partial charge in [-0.25, -0.2) is 0 Å². The van der Waals surface area contributed by atoms with Crippen molar-refractivity contribution in [2.24, 2.45) is 0 Å². The minimum Gasteiger partial charge on any atom is -0.388 e. The van der Waals surface area contributed by atoms with Gasteiger partial charge in [0, 0.05) is 14.2 Å². The van der Waals surface area contributed by atoms with Crippen molar-refractivity contribution in [3.63, 3.8) is 0 Å². The highest BCUT2D eigenvalue weighted by molar-refractivity contribution is 4.92. The first kappa shape index (κ1) is 19.9. The van der Waals surface area contributed by atoms with Crippen molar-refractivity contribution in [3.05, 3.63) is 0 Å². The molecule has 0 bridgehead atoms. The number of rotatable bonds is 5. The lowest BCUT2D eigenvalue weighted by molar-refractivity contribution is -0.302. The summed E-state index contributed by atoms with van der Waals surface area (Å²) in [6.07, 6.45) is -12.0. The summed E-state index contributed by atoms with van der Waals surface area (Å²) in [4.78, 5) is 0. The number of hydrogen-bond donors (Lipinski definition) is 6. The van der Waals surface area contributed by atoms with Gasteiger partial charge in [0.25, 0.3) is 0 Å². The second-order valence-corrected chi connectivity index (χ2v) is 6.08. The molecule has 0 aromatic heterocycles. The lowest BCUT2D eigenvalue weighted by Gasteiger charge is -2.42.